The Balaban J connectivity index is 1.90. The molecular weight excluding hydrogens is 421 g/mol. The van der Waals surface area contributed by atoms with Gasteiger partial charge in [-0.1, -0.05) is 47.5 Å². The zero-order chi connectivity index (χ0) is 21.5. The molecule has 1 aromatic heterocycles. The molecule has 1 N–H and O–H groups in total. The van der Waals surface area contributed by atoms with Gasteiger partial charge >= 0.3 is 0 Å². The Bertz CT molecular complexity index is 1130. The normalized spacial score (nSPS) is 11.5. The number of para-hydroxylation sites is 1. The first-order valence-electron chi connectivity index (χ1n) is 9.44. The molecule has 154 valence electrons. The molecule has 0 saturated carbocycles. The number of halogens is 2. The first kappa shape index (κ1) is 21.9. The summed E-state index contributed by atoms with van der Waals surface area (Å²) in [6, 6.07) is 15.4. The number of methoxy groups -OCH3 is 1. The third-order valence-electron chi connectivity index (χ3n) is 4.63. The minimum Gasteiger partial charge on any atom is -0.385 e. The van der Waals surface area contributed by atoms with Crippen LogP contribution in [0.5, 0.6) is 0 Å². The number of fused-ring (bicyclic) bond motifs is 1. The molecule has 5 nitrogen and oxygen atoms in total. The molecule has 0 spiro atoms. The van der Waals surface area contributed by atoms with E-state index in [1.807, 2.05) is 48.7 Å². The van der Waals surface area contributed by atoms with Crippen molar-refractivity contribution in [3.05, 3.63) is 75.4 Å². The number of hydrogen-bond donors (Lipinski definition) is 1. The number of aromatic nitrogens is 1. The van der Waals surface area contributed by atoms with Crippen LogP contribution in [0.15, 0.2) is 54.2 Å². The van der Waals surface area contributed by atoms with E-state index in [0.29, 0.717) is 36.2 Å². The summed E-state index contributed by atoms with van der Waals surface area (Å²) in [6.45, 7) is 1.58. The van der Waals surface area contributed by atoms with Gasteiger partial charge in [0.25, 0.3) is 5.91 Å². The van der Waals surface area contributed by atoms with Gasteiger partial charge in [0, 0.05) is 49.5 Å². The molecule has 0 unspecified atom stereocenters. The maximum Gasteiger partial charge on any atom is 0.261 e. The van der Waals surface area contributed by atoms with Crippen LogP contribution in [0, 0.1) is 11.3 Å². The van der Waals surface area contributed by atoms with E-state index in [2.05, 4.69) is 9.88 Å². The van der Waals surface area contributed by atoms with E-state index in [-0.39, 0.29) is 5.57 Å². The summed E-state index contributed by atoms with van der Waals surface area (Å²) in [5.74, 6) is -0.394. The lowest BCUT2D eigenvalue weighted by molar-refractivity contribution is -0.117. The van der Waals surface area contributed by atoms with Gasteiger partial charge in [-0.25, -0.2) is 0 Å². The number of nitriles is 1. The number of rotatable bonds is 8. The van der Waals surface area contributed by atoms with Crippen LogP contribution in [0.4, 0.5) is 0 Å². The fourth-order valence-electron chi connectivity index (χ4n) is 3.17. The largest absolute Gasteiger partial charge is 0.385 e. The molecule has 1 heterocycles. The van der Waals surface area contributed by atoms with Gasteiger partial charge in [0.2, 0.25) is 0 Å². The van der Waals surface area contributed by atoms with Crippen molar-refractivity contribution in [2.24, 2.45) is 0 Å². The van der Waals surface area contributed by atoms with E-state index in [4.69, 9.17) is 27.9 Å². The molecule has 3 aromatic rings. The number of nitrogens with zero attached hydrogens (tertiary/aromatic N) is 2. The number of carbonyl (C=O) groups excluding carboxylic acids is 1. The van der Waals surface area contributed by atoms with Gasteiger partial charge in [-0.3, -0.25) is 4.79 Å². The third kappa shape index (κ3) is 5.22. The molecule has 2 aromatic carbocycles. The zero-order valence-electron chi connectivity index (χ0n) is 16.5. The highest BCUT2D eigenvalue weighted by Crippen LogP contribution is 2.27. The molecule has 0 aliphatic carbocycles. The number of benzene rings is 2. The fraction of sp³-hybridized carbons (Fsp3) is 0.217. The Kier molecular flexibility index (Phi) is 7.53. The van der Waals surface area contributed by atoms with Crippen LogP contribution in [0.1, 0.15) is 17.5 Å². The van der Waals surface area contributed by atoms with Gasteiger partial charge in [0.05, 0.1) is 10.0 Å². The minimum atomic E-state index is -0.394. The summed E-state index contributed by atoms with van der Waals surface area (Å²) < 4.78 is 7.03. The number of carbonyl (C=O) groups is 1. The molecule has 0 radical (unpaired) electrons. The van der Waals surface area contributed by atoms with Crippen LogP contribution in [-0.2, 0) is 16.1 Å². The molecule has 30 heavy (non-hydrogen) atoms. The monoisotopic (exact) mass is 441 g/mol. The van der Waals surface area contributed by atoms with E-state index < -0.39 is 5.91 Å². The lowest BCUT2D eigenvalue weighted by Gasteiger charge is -2.06. The molecule has 7 heteroatoms. The molecule has 0 fully saturated rings. The van der Waals surface area contributed by atoms with Crippen molar-refractivity contribution in [1.82, 2.24) is 9.88 Å². The summed E-state index contributed by atoms with van der Waals surface area (Å²) in [7, 11) is 1.61. The highest BCUT2D eigenvalue weighted by Gasteiger charge is 2.12. The van der Waals surface area contributed by atoms with Crippen LogP contribution >= 0.6 is 23.2 Å². The van der Waals surface area contributed by atoms with E-state index >= 15 is 0 Å². The maximum atomic E-state index is 12.4. The molecule has 3 rings (SSSR count). The van der Waals surface area contributed by atoms with Crippen LogP contribution in [0.2, 0.25) is 10.0 Å². The molecular formula is C23H21Cl2N3O2. The lowest BCUT2D eigenvalue weighted by Crippen LogP contribution is -2.26. The highest BCUT2D eigenvalue weighted by molar-refractivity contribution is 6.42. The van der Waals surface area contributed by atoms with Crippen molar-refractivity contribution in [2.75, 3.05) is 20.3 Å². The predicted molar refractivity (Wildman–Crippen MR) is 121 cm³/mol. The SMILES string of the molecule is COCCCNC(=O)C(C#N)=Cc1cn(Cc2ccc(Cl)c(Cl)c2)c2ccccc12. The number of ether oxygens (including phenoxy) is 1. The Hall–Kier alpha value is -2.78. The smallest absolute Gasteiger partial charge is 0.261 e. The van der Waals surface area contributed by atoms with Crippen molar-refractivity contribution in [1.29, 1.82) is 5.26 Å². The predicted octanol–water partition coefficient (Wildman–Crippen LogP) is 5.06. The molecule has 0 saturated heterocycles. The Morgan fingerprint density at radius 1 is 1.23 bits per heavy atom. The second-order valence-electron chi connectivity index (χ2n) is 6.75. The quantitative estimate of drug-likeness (QED) is 0.301. The van der Waals surface area contributed by atoms with Crippen LogP contribution < -0.4 is 5.32 Å². The van der Waals surface area contributed by atoms with Gasteiger partial charge in [-0.2, -0.15) is 5.26 Å². The second-order valence-corrected chi connectivity index (χ2v) is 7.56. The van der Waals surface area contributed by atoms with Crippen molar-refractivity contribution >= 4 is 46.1 Å². The summed E-state index contributed by atoms with van der Waals surface area (Å²) in [5, 5.41) is 14.2. The standard InChI is InChI=1S/C23H21Cl2N3O2/c1-30-10-4-9-27-23(29)17(13-26)12-18-15-28(22-6-3-2-5-19(18)22)14-16-7-8-20(24)21(25)11-16/h2-3,5-8,11-12,15H,4,9-10,14H2,1H3,(H,27,29). The Labute approximate surface area is 185 Å². The minimum absolute atomic E-state index is 0.0601. The average Bonchev–Trinajstić information content (AvgIpc) is 3.09. The third-order valence-corrected chi connectivity index (χ3v) is 5.37. The van der Waals surface area contributed by atoms with Crippen molar-refractivity contribution < 1.29 is 9.53 Å². The molecule has 0 atom stereocenters. The van der Waals surface area contributed by atoms with Crippen LogP contribution in [-0.4, -0.2) is 30.7 Å². The highest BCUT2D eigenvalue weighted by atomic mass is 35.5. The van der Waals surface area contributed by atoms with Crippen LogP contribution in [0.25, 0.3) is 17.0 Å². The summed E-state index contributed by atoms with van der Waals surface area (Å²) in [5.41, 5.74) is 2.85. The Morgan fingerprint density at radius 2 is 2.03 bits per heavy atom. The van der Waals surface area contributed by atoms with Crippen molar-refractivity contribution in [2.45, 2.75) is 13.0 Å². The second kappa shape index (κ2) is 10.3. The van der Waals surface area contributed by atoms with Gasteiger partial charge in [-0.05, 0) is 36.3 Å². The topological polar surface area (TPSA) is 67.0 Å². The average molecular weight is 442 g/mol. The van der Waals surface area contributed by atoms with E-state index in [0.717, 1.165) is 22.0 Å². The van der Waals surface area contributed by atoms with Gasteiger partial charge in [0.15, 0.2) is 0 Å². The van der Waals surface area contributed by atoms with Crippen molar-refractivity contribution in [3.63, 3.8) is 0 Å². The van der Waals surface area contributed by atoms with E-state index in [9.17, 15) is 10.1 Å². The fourth-order valence-corrected chi connectivity index (χ4v) is 3.49. The summed E-state index contributed by atoms with van der Waals surface area (Å²) in [4.78, 5) is 12.4. The summed E-state index contributed by atoms with van der Waals surface area (Å²) in [6.07, 6.45) is 4.24. The number of nitrogens with one attached hydrogen (secondary N) is 1. The Morgan fingerprint density at radius 3 is 2.77 bits per heavy atom. The van der Waals surface area contributed by atoms with Gasteiger partial charge in [-0.15, -0.1) is 0 Å². The first-order chi connectivity index (χ1) is 14.5. The number of hydrogen-bond acceptors (Lipinski definition) is 3. The van der Waals surface area contributed by atoms with Crippen LogP contribution in [0.3, 0.4) is 0 Å². The molecule has 0 bridgehead atoms. The maximum absolute atomic E-state index is 12.4. The van der Waals surface area contributed by atoms with Gasteiger partial charge < -0.3 is 14.6 Å². The zero-order valence-corrected chi connectivity index (χ0v) is 18.0. The van der Waals surface area contributed by atoms with Crippen molar-refractivity contribution in [3.8, 4) is 6.07 Å². The summed E-state index contributed by atoms with van der Waals surface area (Å²) >= 11 is 12.2. The van der Waals surface area contributed by atoms with E-state index in [1.165, 1.54) is 0 Å². The number of amides is 1. The first-order valence-corrected chi connectivity index (χ1v) is 10.2. The lowest BCUT2D eigenvalue weighted by atomic mass is 10.1. The molecule has 0 aliphatic rings. The van der Waals surface area contributed by atoms with Gasteiger partial charge in [0.1, 0.15) is 11.6 Å². The molecule has 0 aliphatic heterocycles. The van der Waals surface area contributed by atoms with E-state index in [1.54, 1.807) is 19.3 Å². The molecule has 1 amide bonds.